The van der Waals surface area contributed by atoms with Gasteiger partial charge in [0.25, 0.3) is 5.91 Å². The van der Waals surface area contributed by atoms with E-state index in [4.69, 9.17) is 0 Å². The molecule has 96 valence electrons. The van der Waals surface area contributed by atoms with Crippen LogP contribution in [-0.4, -0.2) is 12.1 Å². The zero-order valence-corrected chi connectivity index (χ0v) is 9.81. The van der Waals surface area contributed by atoms with Gasteiger partial charge in [-0.15, -0.1) is 0 Å². The van der Waals surface area contributed by atoms with Crippen molar-refractivity contribution in [2.75, 3.05) is 0 Å². The Hall–Kier alpha value is -2.56. The molecule has 1 amide bonds. The summed E-state index contributed by atoms with van der Waals surface area (Å²) in [4.78, 5) is 11.6. The van der Waals surface area contributed by atoms with Gasteiger partial charge in [0.15, 0.2) is 0 Å². The molecule has 0 unspecified atom stereocenters. The Morgan fingerprint density at radius 3 is 2.47 bits per heavy atom. The van der Waals surface area contributed by atoms with Crippen molar-refractivity contribution in [2.45, 2.75) is 0 Å². The number of carbonyl (C=O) groups is 1. The first-order valence-electron chi connectivity index (χ1n) is 5.50. The zero-order chi connectivity index (χ0) is 13.7. The third-order valence-electron chi connectivity index (χ3n) is 2.33. The molecule has 0 aliphatic heterocycles. The maximum atomic E-state index is 12.9. The van der Waals surface area contributed by atoms with Crippen LogP contribution in [0.4, 0.5) is 8.78 Å². The highest BCUT2D eigenvalue weighted by molar-refractivity contribution is 5.94. The highest BCUT2D eigenvalue weighted by Gasteiger charge is 2.03. The molecule has 0 bridgehead atoms. The molecule has 2 rings (SSSR count). The molecule has 0 aromatic heterocycles. The Kier molecular flexibility index (Phi) is 3.97. The number of hydrogen-bond donors (Lipinski definition) is 1. The standard InChI is InChI=1S/C14H10F2N2O/c15-12-6-4-11(5-7-12)14(19)18-17-9-10-2-1-3-13(16)8-10/h1-9H,(H,18,19). The Bertz CT molecular complexity index is 609. The smallest absolute Gasteiger partial charge is 0.267 e. The fraction of sp³-hybridized carbons (Fsp3) is 0. The molecule has 0 saturated heterocycles. The molecule has 19 heavy (non-hydrogen) atoms. The topological polar surface area (TPSA) is 41.5 Å². The molecule has 0 aliphatic rings. The predicted molar refractivity (Wildman–Crippen MR) is 67.9 cm³/mol. The molecule has 0 atom stereocenters. The summed E-state index contributed by atoms with van der Waals surface area (Å²) in [6.07, 6.45) is 1.32. The van der Waals surface area contributed by atoms with E-state index in [1.165, 1.54) is 42.6 Å². The number of hydrogen-bond acceptors (Lipinski definition) is 2. The van der Waals surface area contributed by atoms with Gasteiger partial charge in [0.2, 0.25) is 0 Å². The summed E-state index contributed by atoms with van der Waals surface area (Å²) in [6, 6.07) is 10.9. The van der Waals surface area contributed by atoms with Gasteiger partial charge in [0, 0.05) is 5.56 Å². The van der Waals surface area contributed by atoms with E-state index in [-0.39, 0.29) is 11.4 Å². The molecule has 2 aromatic carbocycles. The number of halogens is 2. The lowest BCUT2D eigenvalue weighted by molar-refractivity contribution is 0.0955. The molecule has 0 aliphatic carbocycles. The number of carbonyl (C=O) groups excluding carboxylic acids is 1. The summed E-state index contributed by atoms with van der Waals surface area (Å²) in [7, 11) is 0. The number of hydrazone groups is 1. The molecule has 0 spiro atoms. The van der Waals surface area contributed by atoms with Crippen LogP contribution in [0.15, 0.2) is 53.6 Å². The summed E-state index contributed by atoms with van der Waals surface area (Å²) >= 11 is 0. The van der Waals surface area contributed by atoms with E-state index < -0.39 is 11.7 Å². The summed E-state index contributed by atoms with van der Waals surface area (Å²) in [6.45, 7) is 0. The maximum Gasteiger partial charge on any atom is 0.271 e. The number of nitrogens with one attached hydrogen (secondary N) is 1. The van der Waals surface area contributed by atoms with Crippen LogP contribution in [0.1, 0.15) is 15.9 Å². The summed E-state index contributed by atoms with van der Waals surface area (Å²) < 4.78 is 25.5. The van der Waals surface area contributed by atoms with Crippen molar-refractivity contribution in [3.8, 4) is 0 Å². The van der Waals surface area contributed by atoms with Crippen molar-refractivity contribution in [3.05, 3.63) is 71.3 Å². The SMILES string of the molecule is O=C(NN=Cc1cccc(F)c1)c1ccc(F)cc1. The predicted octanol–water partition coefficient (Wildman–Crippen LogP) is 2.73. The van der Waals surface area contributed by atoms with Crippen LogP contribution < -0.4 is 5.43 Å². The monoisotopic (exact) mass is 260 g/mol. The van der Waals surface area contributed by atoms with Crippen molar-refractivity contribution < 1.29 is 13.6 Å². The van der Waals surface area contributed by atoms with Crippen molar-refractivity contribution in [2.24, 2.45) is 5.10 Å². The summed E-state index contributed by atoms with van der Waals surface area (Å²) in [5, 5.41) is 3.70. The average molecular weight is 260 g/mol. The van der Waals surface area contributed by atoms with Crippen LogP contribution in [0.3, 0.4) is 0 Å². The minimum atomic E-state index is -0.465. The first kappa shape index (κ1) is 12.9. The second kappa shape index (κ2) is 5.86. The van der Waals surface area contributed by atoms with Gasteiger partial charge in [-0.05, 0) is 42.0 Å². The second-order valence-electron chi connectivity index (χ2n) is 3.76. The largest absolute Gasteiger partial charge is 0.271 e. The highest BCUT2D eigenvalue weighted by Crippen LogP contribution is 2.03. The molecule has 0 heterocycles. The molecular weight excluding hydrogens is 250 g/mol. The van der Waals surface area contributed by atoms with E-state index in [2.05, 4.69) is 10.5 Å². The first-order valence-corrected chi connectivity index (χ1v) is 5.50. The molecule has 0 saturated carbocycles. The van der Waals surface area contributed by atoms with Gasteiger partial charge < -0.3 is 0 Å². The fourth-order valence-electron chi connectivity index (χ4n) is 1.42. The Balaban J connectivity index is 1.98. The lowest BCUT2D eigenvalue weighted by Crippen LogP contribution is -2.17. The Morgan fingerprint density at radius 1 is 1.05 bits per heavy atom. The lowest BCUT2D eigenvalue weighted by atomic mass is 10.2. The Labute approximate surface area is 108 Å². The molecule has 3 nitrogen and oxygen atoms in total. The molecule has 0 fully saturated rings. The lowest BCUT2D eigenvalue weighted by Gasteiger charge is -1.99. The molecule has 1 N–H and O–H groups in total. The quantitative estimate of drug-likeness (QED) is 0.669. The summed E-state index contributed by atoms with van der Waals surface area (Å²) in [5.74, 6) is -1.26. The van der Waals surface area contributed by atoms with Gasteiger partial charge >= 0.3 is 0 Å². The zero-order valence-electron chi connectivity index (χ0n) is 9.81. The average Bonchev–Trinajstić information content (AvgIpc) is 2.39. The van der Waals surface area contributed by atoms with Gasteiger partial charge in [-0.1, -0.05) is 12.1 Å². The van der Waals surface area contributed by atoms with Crippen LogP contribution in [0, 0.1) is 11.6 Å². The second-order valence-corrected chi connectivity index (χ2v) is 3.76. The van der Waals surface area contributed by atoms with Gasteiger partial charge in [-0.2, -0.15) is 5.10 Å². The number of nitrogens with zero attached hydrogens (tertiary/aromatic N) is 1. The molecule has 5 heteroatoms. The van der Waals surface area contributed by atoms with Gasteiger partial charge in [0.1, 0.15) is 11.6 Å². The number of amides is 1. The van der Waals surface area contributed by atoms with Crippen LogP contribution in [-0.2, 0) is 0 Å². The molecule has 2 aromatic rings. The first-order chi connectivity index (χ1) is 9.15. The molecule has 0 radical (unpaired) electrons. The normalized spacial score (nSPS) is 10.6. The van der Waals surface area contributed by atoms with Gasteiger partial charge in [0.05, 0.1) is 6.21 Å². The van der Waals surface area contributed by atoms with E-state index in [9.17, 15) is 13.6 Å². The van der Waals surface area contributed by atoms with E-state index in [0.29, 0.717) is 5.56 Å². The maximum absolute atomic E-state index is 12.9. The Morgan fingerprint density at radius 2 is 1.79 bits per heavy atom. The molecular formula is C14H10F2N2O. The highest BCUT2D eigenvalue weighted by atomic mass is 19.1. The van der Waals surface area contributed by atoms with Crippen LogP contribution >= 0.6 is 0 Å². The van der Waals surface area contributed by atoms with Crippen LogP contribution in [0.25, 0.3) is 0 Å². The van der Waals surface area contributed by atoms with Crippen molar-refractivity contribution in [1.82, 2.24) is 5.43 Å². The van der Waals surface area contributed by atoms with E-state index >= 15 is 0 Å². The van der Waals surface area contributed by atoms with E-state index in [1.54, 1.807) is 12.1 Å². The fourth-order valence-corrected chi connectivity index (χ4v) is 1.42. The number of rotatable bonds is 3. The minimum absolute atomic E-state index is 0.290. The third kappa shape index (κ3) is 3.70. The summed E-state index contributed by atoms with van der Waals surface area (Å²) in [5.41, 5.74) is 3.09. The van der Waals surface area contributed by atoms with Crippen molar-refractivity contribution >= 4 is 12.1 Å². The van der Waals surface area contributed by atoms with Crippen molar-refractivity contribution in [1.29, 1.82) is 0 Å². The number of benzene rings is 2. The van der Waals surface area contributed by atoms with E-state index in [1.807, 2.05) is 0 Å². The van der Waals surface area contributed by atoms with Crippen molar-refractivity contribution in [3.63, 3.8) is 0 Å². The third-order valence-corrected chi connectivity index (χ3v) is 2.33. The van der Waals surface area contributed by atoms with Crippen LogP contribution in [0.2, 0.25) is 0 Å². The van der Waals surface area contributed by atoms with E-state index in [0.717, 1.165) is 0 Å². The van der Waals surface area contributed by atoms with Gasteiger partial charge in [-0.25, -0.2) is 14.2 Å². The van der Waals surface area contributed by atoms with Gasteiger partial charge in [-0.3, -0.25) is 4.79 Å². The minimum Gasteiger partial charge on any atom is -0.267 e. The van der Waals surface area contributed by atoms with Crippen LogP contribution in [0.5, 0.6) is 0 Å².